The third-order valence-corrected chi connectivity index (χ3v) is 4.53. The lowest BCUT2D eigenvalue weighted by Gasteiger charge is -2.26. The van der Waals surface area contributed by atoms with Gasteiger partial charge in [-0.05, 0) is 44.3 Å². The van der Waals surface area contributed by atoms with Crippen molar-refractivity contribution in [3.05, 3.63) is 29.3 Å². The van der Waals surface area contributed by atoms with E-state index in [0.717, 1.165) is 32.4 Å². The Morgan fingerprint density at radius 2 is 2.00 bits per heavy atom. The van der Waals surface area contributed by atoms with Crippen molar-refractivity contribution in [2.24, 2.45) is 5.92 Å². The molecule has 23 heavy (non-hydrogen) atoms. The number of piperidine rings is 1. The Bertz CT molecular complexity index is 583. The number of alkyl halides is 3. The number of hydrogen-bond donors (Lipinski definition) is 1. The summed E-state index contributed by atoms with van der Waals surface area (Å²) in [4.78, 5) is 17.9. The first-order chi connectivity index (χ1) is 10.8. The Morgan fingerprint density at radius 3 is 2.65 bits per heavy atom. The number of rotatable bonds is 2. The van der Waals surface area contributed by atoms with Gasteiger partial charge in [-0.2, -0.15) is 13.2 Å². The molecule has 126 valence electrons. The predicted molar refractivity (Wildman–Crippen MR) is 74.2 cm³/mol. The van der Waals surface area contributed by atoms with Crippen LogP contribution in [0.5, 0.6) is 0 Å². The van der Waals surface area contributed by atoms with Gasteiger partial charge in [-0.25, -0.2) is 9.37 Å². The molecular weight excluding hydrogens is 314 g/mol. The summed E-state index contributed by atoms with van der Waals surface area (Å²) in [6.45, 7) is 2.67. The Hall–Kier alpha value is -1.70. The number of amides is 1. The molecule has 1 N–H and O–H groups in total. The van der Waals surface area contributed by atoms with Crippen LogP contribution in [0.15, 0.2) is 12.3 Å². The van der Waals surface area contributed by atoms with E-state index < -0.39 is 29.2 Å². The van der Waals surface area contributed by atoms with Crippen LogP contribution in [0.3, 0.4) is 0 Å². The molecule has 4 nitrogen and oxygen atoms in total. The lowest BCUT2D eigenvalue weighted by molar-refractivity contribution is -0.140. The highest BCUT2D eigenvalue weighted by atomic mass is 19.4. The molecule has 1 aromatic heterocycles. The van der Waals surface area contributed by atoms with E-state index in [1.165, 1.54) is 0 Å². The first-order valence-corrected chi connectivity index (χ1v) is 7.59. The fourth-order valence-corrected chi connectivity index (χ4v) is 3.34. The minimum atomic E-state index is -4.85. The van der Waals surface area contributed by atoms with Gasteiger partial charge in [-0.1, -0.05) is 0 Å². The second kappa shape index (κ2) is 6.07. The Morgan fingerprint density at radius 1 is 1.30 bits per heavy atom. The molecule has 3 fully saturated rings. The average Bonchev–Trinajstić information content (AvgIpc) is 2.78. The molecule has 1 atom stereocenters. The molecule has 1 amide bonds. The zero-order valence-electron chi connectivity index (χ0n) is 12.4. The van der Waals surface area contributed by atoms with Crippen molar-refractivity contribution >= 4 is 5.91 Å². The molecule has 0 radical (unpaired) electrons. The Kier molecular flexibility index (Phi) is 4.27. The molecule has 0 aliphatic carbocycles. The number of halogens is 4. The van der Waals surface area contributed by atoms with Gasteiger partial charge in [-0.15, -0.1) is 0 Å². The van der Waals surface area contributed by atoms with E-state index in [2.05, 4.69) is 15.2 Å². The predicted octanol–water partition coefficient (Wildman–Crippen LogP) is 2.45. The standard InChI is InChI=1S/C15H17F4N3O/c16-12-7-20-13(6-11(12)15(17,18)19)14(23)21-10-5-9-1-3-22(8-10)4-2-9/h6-7,9-10H,1-5,8H2,(H,21,23)/t10-/m1/s1. The van der Waals surface area contributed by atoms with Crippen LogP contribution in [-0.2, 0) is 6.18 Å². The van der Waals surface area contributed by atoms with Crippen molar-refractivity contribution in [3.63, 3.8) is 0 Å². The molecule has 4 rings (SSSR count). The second-order valence-electron chi connectivity index (χ2n) is 6.20. The van der Waals surface area contributed by atoms with Gasteiger partial charge in [0, 0.05) is 12.6 Å². The van der Waals surface area contributed by atoms with Gasteiger partial charge in [0.15, 0.2) is 5.82 Å². The van der Waals surface area contributed by atoms with Crippen LogP contribution in [0.1, 0.15) is 35.3 Å². The minimum Gasteiger partial charge on any atom is -0.347 e. The SMILES string of the molecule is O=C(N[C@@H]1CC2CCN(CC2)C1)c1cc(C(F)(F)F)c(F)cn1. The highest BCUT2D eigenvalue weighted by molar-refractivity contribution is 5.92. The van der Waals surface area contributed by atoms with E-state index in [4.69, 9.17) is 0 Å². The fraction of sp³-hybridized carbons (Fsp3) is 0.600. The van der Waals surface area contributed by atoms with E-state index in [1.54, 1.807) is 0 Å². The summed E-state index contributed by atoms with van der Waals surface area (Å²) in [6.07, 6.45) is -1.43. The quantitative estimate of drug-likeness (QED) is 0.847. The highest BCUT2D eigenvalue weighted by Crippen LogP contribution is 2.31. The number of fused-ring (bicyclic) bond motifs is 4. The van der Waals surface area contributed by atoms with Crippen molar-refractivity contribution in [2.75, 3.05) is 19.6 Å². The third kappa shape index (κ3) is 3.63. The first kappa shape index (κ1) is 16.2. The summed E-state index contributed by atoms with van der Waals surface area (Å²) in [5.41, 5.74) is -1.88. The van der Waals surface area contributed by atoms with Gasteiger partial charge in [-0.3, -0.25) is 4.79 Å². The maximum absolute atomic E-state index is 13.2. The molecule has 8 heteroatoms. The number of nitrogens with one attached hydrogen (secondary N) is 1. The van der Waals surface area contributed by atoms with Crippen LogP contribution in [0.2, 0.25) is 0 Å². The van der Waals surface area contributed by atoms with Crippen molar-refractivity contribution in [1.82, 2.24) is 15.2 Å². The number of aromatic nitrogens is 1. The fourth-order valence-electron chi connectivity index (χ4n) is 3.34. The molecular formula is C15H17F4N3O. The summed E-state index contributed by atoms with van der Waals surface area (Å²) in [7, 11) is 0. The molecule has 3 saturated heterocycles. The summed E-state index contributed by atoms with van der Waals surface area (Å²) in [5, 5.41) is 2.74. The number of carbonyl (C=O) groups excluding carboxylic acids is 1. The Labute approximate surface area is 130 Å². The number of pyridine rings is 1. The van der Waals surface area contributed by atoms with E-state index in [1.807, 2.05) is 0 Å². The molecule has 3 aliphatic heterocycles. The Balaban J connectivity index is 1.73. The van der Waals surface area contributed by atoms with Crippen LogP contribution in [0, 0.1) is 11.7 Å². The topological polar surface area (TPSA) is 45.2 Å². The van der Waals surface area contributed by atoms with Crippen molar-refractivity contribution in [1.29, 1.82) is 0 Å². The van der Waals surface area contributed by atoms with Gasteiger partial charge in [0.05, 0.1) is 11.8 Å². The number of hydrogen-bond acceptors (Lipinski definition) is 3. The molecule has 3 aliphatic rings. The monoisotopic (exact) mass is 331 g/mol. The van der Waals surface area contributed by atoms with E-state index >= 15 is 0 Å². The molecule has 2 bridgehead atoms. The smallest absolute Gasteiger partial charge is 0.347 e. The highest BCUT2D eigenvalue weighted by Gasteiger charge is 2.36. The summed E-state index contributed by atoms with van der Waals surface area (Å²) in [6, 6.07) is 0.356. The molecule has 0 saturated carbocycles. The largest absolute Gasteiger partial charge is 0.419 e. The maximum Gasteiger partial charge on any atom is 0.419 e. The van der Waals surface area contributed by atoms with Crippen molar-refractivity contribution in [2.45, 2.75) is 31.5 Å². The average molecular weight is 331 g/mol. The summed E-state index contributed by atoms with van der Waals surface area (Å²) >= 11 is 0. The molecule has 1 aromatic rings. The van der Waals surface area contributed by atoms with E-state index in [9.17, 15) is 22.4 Å². The summed E-state index contributed by atoms with van der Waals surface area (Å²) in [5.74, 6) is -1.64. The van der Waals surface area contributed by atoms with Crippen LogP contribution in [-0.4, -0.2) is 41.5 Å². The van der Waals surface area contributed by atoms with E-state index in [0.29, 0.717) is 24.7 Å². The van der Waals surface area contributed by atoms with Crippen LogP contribution < -0.4 is 5.32 Å². The van der Waals surface area contributed by atoms with Crippen molar-refractivity contribution < 1.29 is 22.4 Å². The van der Waals surface area contributed by atoms with Gasteiger partial charge in [0.25, 0.3) is 5.91 Å². The molecule has 0 unspecified atom stereocenters. The van der Waals surface area contributed by atoms with Gasteiger partial charge < -0.3 is 10.2 Å². The second-order valence-corrected chi connectivity index (χ2v) is 6.20. The maximum atomic E-state index is 13.2. The first-order valence-electron chi connectivity index (χ1n) is 7.59. The third-order valence-electron chi connectivity index (χ3n) is 4.53. The van der Waals surface area contributed by atoms with Crippen LogP contribution in [0.25, 0.3) is 0 Å². The zero-order valence-corrected chi connectivity index (χ0v) is 12.4. The van der Waals surface area contributed by atoms with Crippen molar-refractivity contribution in [3.8, 4) is 0 Å². The van der Waals surface area contributed by atoms with Crippen LogP contribution >= 0.6 is 0 Å². The molecule has 0 aromatic carbocycles. The lowest BCUT2D eigenvalue weighted by Crippen LogP contribution is -2.42. The summed E-state index contributed by atoms with van der Waals surface area (Å²) < 4.78 is 51.4. The zero-order chi connectivity index (χ0) is 16.6. The van der Waals surface area contributed by atoms with Gasteiger partial charge >= 0.3 is 6.18 Å². The van der Waals surface area contributed by atoms with Gasteiger partial charge in [0.2, 0.25) is 0 Å². The van der Waals surface area contributed by atoms with E-state index in [-0.39, 0.29) is 6.04 Å². The lowest BCUT2D eigenvalue weighted by atomic mass is 9.94. The number of carbonyl (C=O) groups is 1. The molecule has 4 heterocycles. The normalized spacial score (nSPS) is 27.6. The minimum absolute atomic E-state index is 0.112. The van der Waals surface area contributed by atoms with Gasteiger partial charge in [0.1, 0.15) is 5.69 Å². The molecule has 0 spiro atoms. The van der Waals surface area contributed by atoms with Crippen LogP contribution in [0.4, 0.5) is 17.6 Å². The number of nitrogens with zero attached hydrogens (tertiary/aromatic N) is 2.